The molecule has 0 spiro atoms. The van der Waals surface area contributed by atoms with E-state index in [1.54, 1.807) is 0 Å². The molecule has 1 aliphatic carbocycles. The number of fused-ring (bicyclic) bond motifs is 8. The van der Waals surface area contributed by atoms with Crippen molar-refractivity contribution in [1.29, 1.82) is 0 Å². The van der Waals surface area contributed by atoms with Crippen LogP contribution >= 0.6 is 0 Å². The van der Waals surface area contributed by atoms with Gasteiger partial charge >= 0.3 is 0 Å². The number of hydrogen-bond acceptors (Lipinski definition) is 2. The van der Waals surface area contributed by atoms with Gasteiger partial charge in [-0.2, -0.15) is 0 Å². The van der Waals surface area contributed by atoms with Gasteiger partial charge in [0.25, 0.3) is 0 Å². The van der Waals surface area contributed by atoms with E-state index < -0.39 is 0 Å². The predicted octanol–water partition coefficient (Wildman–Crippen LogP) is 14.9. The number of nitrogens with zero attached hydrogens (tertiary/aromatic N) is 3. The molecule has 1 aliphatic rings. The Bertz CT molecular complexity index is 3510. The average Bonchev–Trinajstić information content (AvgIpc) is 3.76. The second kappa shape index (κ2) is 13.2. The first kappa shape index (κ1) is 34.4. The number of rotatable bonds is 5. The van der Waals surface area contributed by atoms with E-state index in [0.717, 1.165) is 38.8 Å². The Morgan fingerprint density at radius 3 is 1.82 bits per heavy atom. The largest absolute Gasteiger partial charge is 0.278 e. The van der Waals surface area contributed by atoms with Crippen LogP contribution in [0.4, 0.5) is 0 Å². The molecule has 0 fully saturated rings. The molecule has 0 bridgehead atoms. The van der Waals surface area contributed by atoms with Crippen molar-refractivity contribution in [3.8, 4) is 61.7 Å². The molecule has 3 heteroatoms. The number of benzene rings is 9. The topological polar surface area (TPSA) is 30.7 Å². The van der Waals surface area contributed by atoms with Crippen molar-refractivity contribution < 1.29 is 0 Å². The van der Waals surface area contributed by atoms with Gasteiger partial charge in [0.15, 0.2) is 0 Å². The zero-order valence-corrected chi connectivity index (χ0v) is 33.4. The first-order chi connectivity index (χ1) is 29.5. The molecule has 0 aliphatic heterocycles. The molecule has 9 aromatic carbocycles. The molecule has 0 amide bonds. The second-order valence-electron chi connectivity index (χ2n) is 16.6. The van der Waals surface area contributed by atoms with E-state index in [1.165, 1.54) is 71.6 Å². The molecule has 0 N–H and O–H groups in total. The lowest BCUT2D eigenvalue weighted by Gasteiger charge is -2.22. The summed E-state index contributed by atoms with van der Waals surface area (Å²) < 4.78 is 2.25. The van der Waals surface area contributed by atoms with Gasteiger partial charge in [-0.1, -0.05) is 184 Å². The van der Waals surface area contributed by atoms with Crippen molar-refractivity contribution in [1.82, 2.24) is 14.5 Å². The molecule has 0 saturated carbocycles. The molecule has 12 rings (SSSR count). The second-order valence-corrected chi connectivity index (χ2v) is 16.6. The lowest BCUT2D eigenvalue weighted by molar-refractivity contribution is 0.660. The minimum atomic E-state index is -0.0519. The third kappa shape index (κ3) is 5.29. The molecular weight excluding hydrogens is 727 g/mol. The highest BCUT2D eigenvalue weighted by molar-refractivity contribution is 6.10. The summed E-state index contributed by atoms with van der Waals surface area (Å²) in [5, 5.41) is 5.85. The van der Waals surface area contributed by atoms with E-state index in [0.29, 0.717) is 5.95 Å². The SMILES string of the molecule is CC1(C)c2ccccc2-c2ccc(-c3cccc(-c4ccc5c6ccccc6n(-c6nc(-c7ccc(-c8cccc9ccccc89)cc7)c7ccccc7n6)c5c4)c3)cc21. The van der Waals surface area contributed by atoms with Crippen LogP contribution in [0.25, 0.3) is 105 Å². The van der Waals surface area contributed by atoms with Crippen LogP contribution in [0.5, 0.6) is 0 Å². The molecule has 0 radical (unpaired) electrons. The standard InChI is InChI=1S/C57H39N3/c1-57(2)50-22-8-5-18-45(50)46-31-29-41(34-51(46)57)39-15-11-16-40(33-39)42-30-32-48-47-19-7-10-24-53(47)60(54(48)35-42)56-58-52-23-9-6-20-49(52)55(59-56)38-27-25-37(26-28-38)44-21-12-14-36-13-3-4-17-43(36)44/h3-35H,1-2H3. The van der Waals surface area contributed by atoms with Crippen molar-refractivity contribution in [2.24, 2.45) is 0 Å². The van der Waals surface area contributed by atoms with Crippen LogP contribution in [0.2, 0.25) is 0 Å². The van der Waals surface area contributed by atoms with Crippen LogP contribution < -0.4 is 0 Å². The van der Waals surface area contributed by atoms with E-state index in [2.05, 4.69) is 219 Å². The van der Waals surface area contributed by atoms with Gasteiger partial charge in [-0.05, 0) is 96.7 Å². The van der Waals surface area contributed by atoms with Crippen molar-refractivity contribution in [2.75, 3.05) is 0 Å². The van der Waals surface area contributed by atoms with Gasteiger partial charge in [0.05, 0.1) is 22.2 Å². The maximum atomic E-state index is 5.43. The van der Waals surface area contributed by atoms with Crippen LogP contribution in [0, 0.1) is 0 Å². The minimum absolute atomic E-state index is 0.0519. The van der Waals surface area contributed by atoms with E-state index in [4.69, 9.17) is 9.97 Å². The van der Waals surface area contributed by atoms with Crippen molar-refractivity contribution in [2.45, 2.75) is 19.3 Å². The number of para-hydroxylation sites is 2. The Morgan fingerprint density at radius 1 is 0.367 bits per heavy atom. The highest BCUT2D eigenvalue weighted by Crippen LogP contribution is 2.49. The summed E-state index contributed by atoms with van der Waals surface area (Å²) in [5.41, 5.74) is 17.6. The summed E-state index contributed by atoms with van der Waals surface area (Å²) in [5.74, 6) is 0.653. The molecular formula is C57H39N3. The first-order valence-corrected chi connectivity index (χ1v) is 20.7. The lowest BCUT2D eigenvalue weighted by atomic mass is 9.81. The monoisotopic (exact) mass is 765 g/mol. The lowest BCUT2D eigenvalue weighted by Crippen LogP contribution is -2.14. The Balaban J connectivity index is 0.979. The van der Waals surface area contributed by atoms with Crippen LogP contribution in [-0.2, 0) is 5.41 Å². The molecule has 2 heterocycles. The van der Waals surface area contributed by atoms with Crippen LogP contribution in [-0.4, -0.2) is 14.5 Å². The van der Waals surface area contributed by atoms with E-state index >= 15 is 0 Å². The van der Waals surface area contributed by atoms with Gasteiger partial charge in [0.1, 0.15) is 0 Å². The third-order valence-electron chi connectivity index (χ3n) is 12.8. The van der Waals surface area contributed by atoms with Gasteiger partial charge in [0.2, 0.25) is 5.95 Å². The first-order valence-electron chi connectivity index (χ1n) is 20.7. The van der Waals surface area contributed by atoms with Gasteiger partial charge < -0.3 is 0 Å². The molecule has 2 aromatic heterocycles. The summed E-state index contributed by atoms with van der Waals surface area (Å²) >= 11 is 0. The summed E-state index contributed by atoms with van der Waals surface area (Å²) in [6.45, 7) is 4.69. The van der Waals surface area contributed by atoms with Crippen molar-refractivity contribution in [3.05, 3.63) is 211 Å². The Hall–Kier alpha value is -7.62. The van der Waals surface area contributed by atoms with E-state index in [1.807, 2.05) is 0 Å². The molecule has 0 saturated heterocycles. The molecule has 11 aromatic rings. The van der Waals surface area contributed by atoms with Crippen molar-refractivity contribution >= 4 is 43.5 Å². The fourth-order valence-electron chi connectivity index (χ4n) is 9.80. The fourth-order valence-corrected chi connectivity index (χ4v) is 9.80. The Morgan fingerprint density at radius 2 is 0.950 bits per heavy atom. The number of hydrogen-bond donors (Lipinski definition) is 0. The van der Waals surface area contributed by atoms with E-state index in [-0.39, 0.29) is 5.41 Å². The molecule has 0 unspecified atom stereocenters. The van der Waals surface area contributed by atoms with Crippen LogP contribution in [0.1, 0.15) is 25.0 Å². The fraction of sp³-hybridized carbons (Fsp3) is 0.0526. The maximum absolute atomic E-state index is 5.43. The summed E-state index contributed by atoms with van der Waals surface area (Å²) in [4.78, 5) is 10.7. The molecule has 60 heavy (non-hydrogen) atoms. The van der Waals surface area contributed by atoms with Crippen LogP contribution in [0.3, 0.4) is 0 Å². The highest BCUT2D eigenvalue weighted by Gasteiger charge is 2.35. The van der Waals surface area contributed by atoms with Gasteiger partial charge in [-0.3, -0.25) is 4.57 Å². The predicted molar refractivity (Wildman–Crippen MR) is 251 cm³/mol. The summed E-state index contributed by atoms with van der Waals surface area (Å²) in [6.07, 6.45) is 0. The van der Waals surface area contributed by atoms with Crippen LogP contribution in [0.15, 0.2) is 200 Å². The van der Waals surface area contributed by atoms with E-state index in [9.17, 15) is 0 Å². The number of aromatic nitrogens is 3. The Kier molecular flexibility index (Phi) is 7.58. The third-order valence-corrected chi connectivity index (χ3v) is 12.8. The zero-order valence-electron chi connectivity index (χ0n) is 33.4. The summed E-state index contributed by atoms with van der Waals surface area (Å²) in [6, 6.07) is 72.5. The molecule has 282 valence electrons. The Labute approximate surface area is 348 Å². The highest BCUT2D eigenvalue weighted by atomic mass is 15.2. The van der Waals surface area contributed by atoms with Gasteiger partial charge in [-0.15, -0.1) is 0 Å². The smallest absolute Gasteiger partial charge is 0.235 e. The summed E-state index contributed by atoms with van der Waals surface area (Å²) in [7, 11) is 0. The van der Waals surface area contributed by atoms with Gasteiger partial charge in [-0.25, -0.2) is 9.97 Å². The quantitative estimate of drug-likeness (QED) is 0.175. The minimum Gasteiger partial charge on any atom is -0.278 e. The normalized spacial score (nSPS) is 13.0. The van der Waals surface area contributed by atoms with Gasteiger partial charge in [0, 0.05) is 27.1 Å². The molecule has 3 nitrogen and oxygen atoms in total. The zero-order chi connectivity index (χ0) is 40.0. The maximum Gasteiger partial charge on any atom is 0.235 e. The molecule has 0 atom stereocenters. The van der Waals surface area contributed by atoms with Crippen molar-refractivity contribution in [3.63, 3.8) is 0 Å². The average molecular weight is 766 g/mol.